The SMILES string of the molecule is O=C(c1cccc(N2C(=O)CCS2(=O)=O)c1)N1CCN(Cc2ccccc2)CC1. The molecule has 4 rings (SSSR count). The highest BCUT2D eigenvalue weighted by Gasteiger charge is 2.36. The molecule has 2 heterocycles. The summed E-state index contributed by atoms with van der Waals surface area (Å²) in [5.41, 5.74) is 1.88. The zero-order valence-corrected chi connectivity index (χ0v) is 16.8. The van der Waals surface area contributed by atoms with Crippen LogP contribution in [0.15, 0.2) is 54.6 Å². The van der Waals surface area contributed by atoms with E-state index in [1.807, 2.05) is 18.2 Å². The van der Waals surface area contributed by atoms with Gasteiger partial charge in [0.2, 0.25) is 15.9 Å². The van der Waals surface area contributed by atoms with E-state index in [2.05, 4.69) is 17.0 Å². The van der Waals surface area contributed by atoms with E-state index in [4.69, 9.17) is 0 Å². The third-order valence-electron chi connectivity index (χ3n) is 5.31. The summed E-state index contributed by atoms with van der Waals surface area (Å²) < 4.78 is 25.1. The minimum atomic E-state index is -3.64. The number of hydrogen-bond acceptors (Lipinski definition) is 5. The molecule has 29 heavy (non-hydrogen) atoms. The predicted molar refractivity (Wildman–Crippen MR) is 110 cm³/mol. The summed E-state index contributed by atoms with van der Waals surface area (Å²) in [5.74, 6) is -0.785. The largest absolute Gasteiger partial charge is 0.336 e. The Morgan fingerprint density at radius 1 is 0.931 bits per heavy atom. The number of amides is 2. The van der Waals surface area contributed by atoms with Gasteiger partial charge in [-0.3, -0.25) is 14.5 Å². The van der Waals surface area contributed by atoms with Crippen molar-refractivity contribution < 1.29 is 18.0 Å². The maximum atomic E-state index is 12.9. The van der Waals surface area contributed by atoms with Gasteiger partial charge in [0.15, 0.2) is 0 Å². The maximum Gasteiger partial charge on any atom is 0.254 e. The first kappa shape index (κ1) is 19.6. The molecule has 2 amide bonds. The number of carbonyl (C=O) groups excluding carboxylic acids is 2. The molecule has 8 heteroatoms. The highest BCUT2D eigenvalue weighted by molar-refractivity contribution is 7.94. The number of rotatable bonds is 4. The van der Waals surface area contributed by atoms with Crippen molar-refractivity contribution in [3.05, 3.63) is 65.7 Å². The van der Waals surface area contributed by atoms with E-state index >= 15 is 0 Å². The van der Waals surface area contributed by atoms with E-state index in [0.29, 0.717) is 18.7 Å². The third kappa shape index (κ3) is 4.18. The standard InChI is InChI=1S/C21H23N3O4S/c25-20-9-14-29(27,28)24(20)19-8-4-7-18(15-19)21(26)23-12-10-22(11-13-23)16-17-5-2-1-3-6-17/h1-8,15H,9-14,16H2. The van der Waals surface area contributed by atoms with Crippen LogP contribution in [0, 0.1) is 0 Å². The minimum Gasteiger partial charge on any atom is -0.336 e. The minimum absolute atomic E-state index is 0.0239. The molecule has 0 saturated carbocycles. The molecule has 0 unspecified atom stereocenters. The van der Waals surface area contributed by atoms with Gasteiger partial charge in [0.05, 0.1) is 11.4 Å². The molecule has 0 aromatic heterocycles. The summed E-state index contributed by atoms with van der Waals surface area (Å²) in [6, 6.07) is 16.6. The molecule has 0 aliphatic carbocycles. The van der Waals surface area contributed by atoms with Gasteiger partial charge in [-0.15, -0.1) is 0 Å². The lowest BCUT2D eigenvalue weighted by Gasteiger charge is -2.35. The van der Waals surface area contributed by atoms with Crippen molar-refractivity contribution in [1.29, 1.82) is 0 Å². The fourth-order valence-electron chi connectivity index (χ4n) is 3.77. The van der Waals surface area contributed by atoms with Crippen LogP contribution in [0.3, 0.4) is 0 Å². The Balaban J connectivity index is 1.42. The molecule has 2 aliphatic heterocycles. The topological polar surface area (TPSA) is 78.0 Å². The summed E-state index contributed by atoms with van der Waals surface area (Å²) in [4.78, 5) is 29.0. The summed E-state index contributed by atoms with van der Waals surface area (Å²) in [7, 11) is -3.64. The number of hydrogen-bond donors (Lipinski definition) is 0. The van der Waals surface area contributed by atoms with Gasteiger partial charge >= 0.3 is 0 Å². The first-order valence-corrected chi connectivity index (χ1v) is 11.3. The van der Waals surface area contributed by atoms with Gasteiger partial charge in [0.25, 0.3) is 5.91 Å². The second-order valence-corrected chi connectivity index (χ2v) is 9.27. The van der Waals surface area contributed by atoms with Crippen molar-refractivity contribution in [2.45, 2.75) is 13.0 Å². The summed E-state index contributed by atoms with van der Waals surface area (Å²) in [6.07, 6.45) is -0.0239. The number of sulfonamides is 1. The third-order valence-corrected chi connectivity index (χ3v) is 7.01. The normalized spacial score (nSPS) is 19.5. The van der Waals surface area contributed by atoms with Crippen molar-refractivity contribution in [2.24, 2.45) is 0 Å². The van der Waals surface area contributed by atoms with E-state index in [9.17, 15) is 18.0 Å². The zero-order valence-electron chi connectivity index (χ0n) is 16.0. The Labute approximate surface area is 170 Å². The number of anilines is 1. The Morgan fingerprint density at radius 2 is 1.66 bits per heavy atom. The predicted octanol–water partition coefficient (Wildman–Crippen LogP) is 1.71. The van der Waals surface area contributed by atoms with Gasteiger partial charge in [0.1, 0.15) is 0 Å². The highest BCUT2D eigenvalue weighted by atomic mass is 32.2. The van der Waals surface area contributed by atoms with Gasteiger partial charge in [-0.2, -0.15) is 0 Å². The molecule has 2 aromatic carbocycles. The second-order valence-electron chi connectivity index (χ2n) is 7.33. The Kier molecular flexibility index (Phi) is 5.38. The molecule has 2 aliphatic rings. The Bertz CT molecular complexity index is 1020. The second kappa shape index (κ2) is 7.96. The molecule has 0 atom stereocenters. The summed E-state index contributed by atoms with van der Waals surface area (Å²) >= 11 is 0. The van der Waals surface area contributed by atoms with Crippen LogP contribution in [0.2, 0.25) is 0 Å². The first-order chi connectivity index (χ1) is 13.9. The number of piperazine rings is 1. The van der Waals surface area contributed by atoms with Crippen LogP contribution in [0.1, 0.15) is 22.3 Å². The monoisotopic (exact) mass is 413 g/mol. The molecule has 0 N–H and O–H groups in total. The molecule has 152 valence electrons. The highest BCUT2D eigenvalue weighted by Crippen LogP contribution is 2.26. The van der Waals surface area contributed by atoms with Crippen LogP contribution < -0.4 is 4.31 Å². The van der Waals surface area contributed by atoms with E-state index < -0.39 is 15.9 Å². The summed E-state index contributed by atoms with van der Waals surface area (Å²) in [6.45, 7) is 3.62. The molecule has 7 nitrogen and oxygen atoms in total. The van der Waals surface area contributed by atoms with Crippen LogP contribution in [0.25, 0.3) is 0 Å². The quantitative estimate of drug-likeness (QED) is 0.763. The van der Waals surface area contributed by atoms with Crippen molar-refractivity contribution in [3.8, 4) is 0 Å². The molecule has 0 radical (unpaired) electrons. The Hall–Kier alpha value is -2.71. The lowest BCUT2D eigenvalue weighted by molar-refractivity contribution is -0.116. The van der Waals surface area contributed by atoms with E-state index in [1.165, 1.54) is 11.6 Å². The van der Waals surface area contributed by atoms with E-state index in [-0.39, 0.29) is 23.8 Å². The van der Waals surface area contributed by atoms with Gasteiger partial charge in [-0.25, -0.2) is 12.7 Å². The Morgan fingerprint density at radius 3 is 2.31 bits per heavy atom. The van der Waals surface area contributed by atoms with Crippen LogP contribution >= 0.6 is 0 Å². The molecular formula is C21H23N3O4S. The van der Waals surface area contributed by atoms with Crippen molar-refractivity contribution in [1.82, 2.24) is 9.80 Å². The summed E-state index contributed by atoms with van der Waals surface area (Å²) in [5, 5.41) is 0. The fourth-order valence-corrected chi connectivity index (χ4v) is 5.22. The molecule has 0 spiro atoms. The van der Waals surface area contributed by atoms with Gasteiger partial charge in [0, 0.05) is 44.7 Å². The van der Waals surface area contributed by atoms with E-state index in [0.717, 1.165) is 23.9 Å². The molecule has 0 bridgehead atoms. The lowest BCUT2D eigenvalue weighted by Crippen LogP contribution is -2.48. The molecule has 2 saturated heterocycles. The zero-order chi connectivity index (χ0) is 20.4. The van der Waals surface area contributed by atoms with Gasteiger partial charge in [-0.05, 0) is 23.8 Å². The van der Waals surface area contributed by atoms with Crippen molar-refractivity contribution in [3.63, 3.8) is 0 Å². The molecular weight excluding hydrogens is 390 g/mol. The van der Waals surface area contributed by atoms with E-state index in [1.54, 1.807) is 23.1 Å². The van der Waals surface area contributed by atoms with Crippen LogP contribution in [-0.2, 0) is 21.4 Å². The smallest absolute Gasteiger partial charge is 0.254 e. The molecule has 2 aromatic rings. The van der Waals surface area contributed by atoms with Crippen molar-refractivity contribution in [2.75, 3.05) is 36.2 Å². The number of benzene rings is 2. The van der Waals surface area contributed by atoms with Crippen molar-refractivity contribution >= 4 is 27.5 Å². The van der Waals surface area contributed by atoms with Gasteiger partial charge in [-0.1, -0.05) is 36.4 Å². The van der Waals surface area contributed by atoms with Gasteiger partial charge < -0.3 is 4.90 Å². The number of carbonyl (C=O) groups is 2. The van der Waals surface area contributed by atoms with Crippen LogP contribution in [0.5, 0.6) is 0 Å². The fraction of sp³-hybridized carbons (Fsp3) is 0.333. The van der Waals surface area contributed by atoms with Crippen LogP contribution in [-0.4, -0.2) is 62.0 Å². The van der Waals surface area contributed by atoms with Crippen LogP contribution in [0.4, 0.5) is 5.69 Å². The lowest BCUT2D eigenvalue weighted by atomic mass is 10.1. The average molecular weight is 413 g/mol. The average Bonchev–Trinajstić information content (AvgIpc) is 3.01. The first-order valence-electron chi connectivity index (χ1n) is 9.65. The molecule has 2 fully saturated rings. The maximum absolute atomic E-state index is 12.9. The number of nitrogens with zero attached hydrogens (tertiary/aromatic N) is 3.